The molecule has 6 nitrogen and oxygen atoms in total. The largest absolute Gasteiger partial charge is 0.486 e. The first-order valence-electron chi connectivity index (χ1n) is 8.04. The number of hydrogen-bond donors (Lipinski definition) is 1. The second-order valence-electron chi connectivity index (χ2n) is 6.01. The van der Waals surface area contributed by atoms with E-state index in [9.17, 15) is 4.79 Å². The number of hydrogen-bond acceptors (Lipinski definition) is 4. The molecular formula is C18H22N2O4. The summed E-state index contributed by atoms with van der Waals surface area (Å²) >= 11 is 0. The maximum Gasteiger partial charge on any atom is 0.317 e. The Hall–Kier alpha value is -2.63. The third-order valence-corrected chi connectivity index (χ3v) is 3.85. The number of likely N-dealkylation sites (N-methyl/N-ethyl adjacent to an activating group) is 1. The Morgan fingerprint density at radius 3 is 2.83 bits per heavy atom. The van der Waals surface area contributed by atoms with Gasteiger partial charge in [-0.15, -0.1) is 0 Å². The first kappa shape index (κ1) is 16.2. The molecule has 2 atom stereocenters. The van der Waals surface area contributed by atoms with E-state index >= 15 is 0 Å². The molecule has 24 heavy (non-hydrogen) atoms. The molecule has 6 heteroatoms. The first-order chi connectivity index (χ1) is 11.6. The van der Waals surface area contributed by atoms with Gasteiger partial charge in [0.1, 0.15) is 12.4 Å². The first-order valence-corrected chi connectivity index (χ1v) is 8.04. The number of rotatable bonds is 5. The fourth-order valence-corrected chi connectivity index (χ4v) is 2.64. The monoisotopic (exact) mass is 330 g/mol. The van der Waals surface area contributed by atoms with Gasteiger partial charge in [-0.25, -0.2) is 4.79 Å². The lowest BCUT2D eigenvalue weighted by atomic mass is 10.2. The molecule has 128 valence electrons. The fraction of sp³-hybridized carbons (Fsp3) is 0.389. The van der Waals surface area contributed by atoms with Gasteiger partial charge >= 0.3 is 6.03 Å². The zero-order chi connectivity index (χ0) is 16.9. The molecule has 1 N–H and O–H groups in total. The molecule has 1 aliphatic rings. The standard InChI is InChI=1S/C18H22N2O4/c1-13(10-14-6-5-9-22-14)19-18(21)20(2)11-15-12-23-16-7-3-4-8-17(16)24-15/h3-9,13,15H,10-12H2,1-2H3,(H,19,21)/t13-,15-/m1/s1. The van der Waals surface area contributed by atoms with Crippen LogP contribution in [0, 0.1) is 0 Å². The highest BCUT2D eigenvalue weighted by Gasteiger charge is 2.24. The van der Waals surface area contributed by atoms with E-state index in [-0.39, 0.29) is 18.2 Å². The van der Waals surface area contributed by atoms with E-state index < -0.39 is 0 Å². The van der Waals surface area contributed by atoms with E-state index in [1.165, 1.54) is 0 Å². The van der Waals surface area contributed by atoms with Crippen molar-refractivity contribution >= 4 is 6.03 Å². The molecule has 2 amide bonds. The van der Waals surface area contributed by atoms with Crippen LogP contribution >= 0.6 is 0 Å². The van der Waals surface area contributed by atoms with Crippen molar-refractivity contribution in [3.63, 3.8) is 0 Å². The van der Waals surface area contributed by atoms with E-state index in [2.05, 4.69) is 5.32 Å². The summed E-state index contributed by atoms with van der Waals surface area (Å²) < 4.78 is 16.9. The van der Waals surface area contributed by atoms with E-state index in [1.54, 1.807) is 18.2 Å². The summed E-state index contributed by atoms with van der Waals surface area (Å²) in [6.07, 6.45) is 2.10. The van der Waals surface area contributed by atoms with Gasteiger partial charge in [-0.3, -0.25) is 0 Å². The summed E-state index contributed by atoms with van der Waals surface area (Å²) in [5.74, 6) is 2.31. The lowest BCUT2D eigenvalue weighted by Gasteiger charge is -2.30. The Balaban J connectivity index is 1.48. The van der Waals surface area contributed by atoms with Crippen molar-refractivity contribution in [2.75, 3.05) is 20.2 Å². The zero-order valence-corrected chi connectivity index (χ0v) is 13.9. The molecule has 1 aromatic heterocycles. The molecule has 0 fully saturated rings. The maximum absolute atomic E-state index is 12.3. The number of carbonyl (C=O) groups is 1. The lowest BCUT2D eigenvalue weighted by Crippen LogP contribution is -2.48. The minimum Gasteiger partial charge on any atom is -0.486 e. The van der Waals surface area contributed by atoms with Crippen molar-refractivity contribution in [1.29, 1.82) is 0 Å². The van der Waals surface area contributed by atoms with Crippen molar-refractivity contribution in [2.24, 2.45) is 0 Å². The molecular weight excluding hydrogens is 308 g/mol. The number of nitrogens with zero attached hydrogens (tertiary/aromatic N) is 1. The number of furan rings is 1. The lowest BCUT2D eigenvalue weighted by molar-refractivity contribution is 0.0713. The number of carbonyl (C=O) groups excluding carboxylic acids is 1. The van der Waals surface area contributed by atoms with Crippen molar-refractivity contribution in [1.82, 2.24) is 10.2 Å². The number of para-hydroxylation sites is 2. The molecule has 0 bridgehead atoms. The zero-order valence-electron chi connectivity index (χ0n) is 13.9. The quantitative estimate of drug-likeness (QED) is 0.915. The SMILES string of the molecule is C[C@H](Cc1ccco1)NC(=O)N(C)C[C@@H]1COc2ccccc2O1. The molecule has 0 saturated heterocycles. The van der Waals surface area contributed by atoms with Crippen LogP contribution in [0.5, 0.6) is 11.5 Å². The Labute approximate surface area is 141 Å². The molecule has 0 aliphatic carbocycles. The van der Waals surface area contributed by atoms with E-state index in [0.29, 0.717) is 25.3 Å². The molecule has 0 radical (unpaired) electrons. The maximum atomic E-state index is 12.3. The van der Waals surface area contributed by atoms with Crippen molar-refractivity contribution in [3.8, 4) is 11.5 Å². The predicted octanol–water partition coefficient (Wildman–Crippen LogP) is 2.69. The van der Waals surface area contributed by atoms with Crippen molar-refractivity contribution in [2.45, 2.75) is 25.5 Å². The fourth-order valence-electron chi connectivity index (χ4n) is 2.64. The third-order valence-electron chi connectivity index (χ3n) is 3.85. The highest BCUT2D eigenvalue weighted by molar-refractivity contribution is 5.74. The Morgan fingerprint density at radius 1 is 1.29 bits per heavy atom. The van der Waals surface area contributed by atoms with Crippen LogP contribution in [0.15, 0.2) is 47.1 Å². The molecule has 2 heterocycles. The van der Waals surface area contributed by atoms with Gasteiger partial charge in [0.15, 0.2) is 17.6 Å². The average Bonchev–Trinajstić information content (AvgIpc) is 3.07. The smallest absolute Gasteiger partial charge is 0.317 e. The number of ether oxygens (including phenoxy) is 2. The van der Waals surface area contributed by atoms with Crippen LogP contribution in [-0.2, 0) is 6.42 Å². The van der Waals surface area contributed by atoms with Crippen molar-refractivity contribution in [3.05, 3.63) is 48.4 Å². The second kappa shape index (κ2) is 7.29. The number of fused-ring (bicyclic) bond motifs is 1. The van der Waals surface area contributed by atoms with Crippen LogP contribution < -0.4 is 14.8 Å². The Bertz CT molecular complexity index is 671. The summed E-state index contributed by atoms with van der Waals surface area (Å²) in [6.45, 7) is 2.83. The molecule has 3 rings (SSSR count). The van der Waals surface area contributed by atoms with E-state index in [4.69, 9.17) is 13.9 Å². The van der Waals surface area contributed by atoms with Gasteiger partial charge in [-0.1, -0.05) is 12.1 Å². The topological polar surface area (TPSA) is 63.9 Å². The number of nitrogens with one attached hydrogen (secondary N) is 1. The minimum atomic E-state index is -0.184. The number of urea groups is 1. The summed E-state index contributed by atoms with van der Waals surface area (Å²) in [5, 5.41) is 2.96. The molecule has 1 aliphatic heterocycles. The van der Waals surface area contributed by atoms with E-state index in [0.717, 1.165) is 11.5 Å². The Kier molecular flexibility index (Phi) is 4.93. The average molecular weight is 330 g/mol. The van der Waals surface area contributed by atoms with Crippen LogP contribution in [0.1, 0.15) is 12.7 Å². The van der Waals surface area contributed by atoms with Crippen molar-refractivity contribution < 1.29 is 18.7 Å². The summed E-state index contributed by atoms with van der Waals surface area (Å²) in [6, 6.07) is 11.1. The summed E-state index contributed by atoms with van der Waals surface area (Å²) in [5.41, 5.74) is 0. The summed E-state index contributed by atoms with van der Waals surface area (Å²) in [7, 11) is 1.75. The molecule has 0 unspecified atom stereocenters. The molecule has 0 saturated carbocycles. The number of amides is 2. The van der Waals surface area contributed by atoms with Crippen LogP contribution in [0.3, 0.4) is 0 Å². The summed E-state index contributed by atoms with van der Waals surface area (Å²) in [4.78, 5) is 13.9. The van der Waals surface area contributed by atoms with Gasteiger partial charge in [0.25, 0.3) is 0 Å². The Morgan fingerprint density at radius 2 is 2.08 bits per heavy atom. The molecule has 0 spiro atoms. The third kappa shape index (κ3) is 4.01. The van der Waals surface area contributed by atoms with Crippen LogP contribution in [0.2, 0.25) is 0 Å². The normalized spacial score (nSPS) is 17.2. The van der Waals surface area contributed by atoms with Crippen LogP contribution in [0.25, 0.3) is 0 Å². The second-order valence-corrected chi connectivity index (χ2v) is 6.01. The predicted molar refractivity (Wildman–Crippen MR) is 89.4 cm³/mol. The van der Waals surface area contributed by atoms with Gasteiger partial charge in [-0.2, -0.15) is 0 Å². The van der Waals surface area contributed by atoms with Gasteiger partial charge in [-0.05, 0) is 31.2 Å². The van der Waals surface area contributed by atoms with Gasteiger partial charge < -0.3 is 24.1 Å². The highest BCUT2D eigenvalue weighted by Crippen LogP contribution is 2.30. The highest BCUT2D eigenvalue weighted by atomic mass is 16.6. The van der Waals surface area contributed by atoms with Gasteiger partial charge in [0, 0.05) is 19.5 Å². The van der Waals surface area contributed by atoms with Gasteiger partial charge in [0.05, 0.1) is 12.8 Å². The van der Waals surface area contributed by atoms with E-state index in [1.807, 2.05) is 43.3 Å². The van der Waals surface area contributed by atoms with Crippen LogP contribution in [0.4, 0.5) is 4.79 Å². The van der Waals surface area contributed by atoms with Gasteiger partial charge in [0.2, 0.25) is 0 Å². The van der Waals surface area contributed by atoms with Crippen LogP contribution in [-0.4, -0.2) is 43.3 Å². The molecule has 2 aromatic rings. The molecule has 1 aromatic carbocycles. The minimum absolute atomic E-state index is 0.0182. The number of benzene rings is 1.